The quantitative estimate of drug-likeness (QED) is 0.271. The smallest absolute Gasteiger partial charge is 0.319 e. The van der Waals surface area contributed by atoms with Gasteiger partial charge in [-0.25, -0.2) is 14.8 Å². The van der Waals surface area contributed by atoms with Crippen LogP contribution in [0.25, 0.3) is 11.2 Å². The molecule has 6 N–H and O–H groups in total. The normalized spacial score (nSPS) is 22.0. The Morgan fingerprint density at radius 1 is 1.28 bits per heavy atom. The van der Waals surface area contributed by atoms with Gasteiger partial charge in [0.05, 0.1) is 12.0 Å². The van der Waals surface area contributed by atoms with Crippen LogP contribution in [0.4, 0.5) is 16.2 Å². The van der Waals surface area contributed by atoms with E-state index in [2.05, 4.69) is 25.5 Å². The third-order valence-corrected chi connectivity index (χ3v) is 6.47. The van der Waals surface area contributed by atoms with Gasteiger partial charge in [0, 0.05) is 42.6 Å². The molecular formula is C24H32ClN7O4. The summed E-state index contributed by atoms with van der Waals surface area (Å²) >= 11 is 5.95. The first-order valence-corrected chi connectivity index (χ1v) is 12.3. The van der Waals surface area contributed by atoms with Gasteiger partial charge >= 0.3 is 6.03 Å². The number of urea groups is 1. The van der Waals surface area contributed by atoms with E-state index in [-0.39, 0.29) is 12.1 Å². The molecule has 3 heterocycles. The number of carbonyl (C=O) groups excluding carboxylic acids is 1. The second kappa shape index (κ2) is 11.4. The summed E-state index contributed by atoms with van der Waals surface area (Å²) in [5, 5.41) is 27.6. The van der Waals surface area contributed by atoms with Crippen molar-refractivity contribution in [3.8, 4) is 0 Å². The van der Waals surface area contributed by atoms with E-state index in [4.69, 9.17) is 22.1 Å². The summed E-state index contributed by atoms with van der Waals surface area (Å²) in [6.45, 7) is 5.62. The fraction of sp³-hybridized carbons (Fsp3) is 0.458. The Hall–Kier alpha value is -2.96. The van der Waals surface area contributed by atoms with Gasteiger partial charge in [-0.2, -0.15) is 0 Å². The van der Waals surface area contributed by atoms with Crippen molar-refractivity contribution in [2.24, 2.45) is 0 Å². The van der Waals surface area contributed by atoms with E-state index in [1.54, 1.807) is 41.1 Å². The van der Waals surface area contributed by atoms with Gasteiger partial charge in [0.25, 0.3) is 0 Å². The maximum atomic E-state index is 12.1. The number of fused-ring (bicyclic) bond motifs is 1. The molecule has 0 spiro atoms. The number of carbonyl (C=O) groups is 1. The van der Waals surface area contributed by atoms with Gasteiger partial charge in [-0.05, 0) is 44.5 Å². The van der Waals surface area contributed by atoms with Gasteiger partial charge in [0.15, 0.2) is 11.9 Å². The van der Waals surface area contributed by atoms with Gasteiger partial charge in [-0.3, -0.25) is 9.47 Å². The predicted octanol–water partition coefficient (Wildman–Crippen LogP) is 2.21. The summed E-state index contributed by atoms with van der Waals surface area (Å²) in [5.41, 5.74) is 8.06. The Balaban J connectivity index is 1.30. The topological polar surface area (TPSA) is 151 Å². The number of hydrogen-bond acceptors (Lipinski definition) is 8. The first-order valence-electron chi connectivity index (χ1n) is 11.9. The summed E-state index contributed by atoms with van der Waals surface area (Å²) in [5.74, 6) is 0. The molecular weight excluding hydrogens is 486 g/mol. The lowest BCUT2D eigenvalue weighted by atomic mass is 10.1. The highest BCUT2D eigenvalue weighted by molar-refractivity contribution is 6.30. The first-order chi connectivity index (χ1) is 17.2. The van der Waals surface area contributed by atoms with Crippen LogP contribution < -0.4 is 16.4 Å². The second-order valence-electron chi connectivity index (χ2n) is 9.10. The lowest BCUT2D eigenvalue weighted by molar-refractivity contribution is -0.0468. The van der Waals surface area contributed by atoms with E-state index >= 15 is 0 Å². The monoisotopic (exact) mass is 517 g/mol. The number of ether oxygens (including phenoxy) is 1. The predicted molar refractivity (Wildman–Crippen MR) is 138 cm³/mol. The average Bonchev–Trinajstić information content (AvgIpc) is 3.38. The zero-order valence-corrected chi connectivity index (χ0v) is 21.0. The van der Waals surface area contributed by atoms with E-state index < -0.39 is 24.5 Å². The van der Waals surface area contributed by atoms with Crippen molar-refractivity contribution in [3.63, 3.8) is 0 Å². The SMILES string of the molecule is CC(C)N(CCCNC(=O)Nc1cccc(Cl)c1)C[C@H]1O[C@@H](n2cnc3c(N)ccnc32)[C@H](O)[C@@H]1O. The molecule has 11 nitrogen and oxygen atoms in total. The number of amides is 2. The van der Waals surface area contributed by atoms with Crippen molar-refractivity contribution < 1.29 is 19.7 Å². The molecule has 0 radical (unpaired) electrons. The van der Waals surface area contributed by atoms with Gasteiger partial charge in [0.2, 0.25) is 0 Å². The number of halogens is 1. The van der Waals surface area contributed by atoms with E-state index in [0.717, 1.165) is 0 Å². The molecule has 4 rings (SSSR count). The molecule has 1 aliphatic heterocycles. The number of aliphatic hydroxyl groups is 2. The molecule has 1 fully saturated rings. The summed E-state index contributed by atoms with van der Waals surface area (Å²) in [6, 6.07) is 8.44. The molecule has 0 unspecified atom stereocenters. The van der Waals surface area contributed by atoms with Gasteiger partial charge in [-0.1, -0.05) is 17.7 Å². The summed E-state index contributed by atoms with van der Waals surface area (Å²) in [6.07, 6.45) is 0.0651. The highest BCUT2D eigenvalue weighted by Crippen LogP contribution is 2.32. The molecule has 4 atom stereocenters. The number of anilines is 2. The number of nitrogen functional groups attached to an aromatic ring is 1. The maximum absolute atomic E-state index is 12.1. The van der Waals surface area contributed by atoms with Gasteiger partial charge in [0.1, 0.15) is 23.8 Å². The van der Waals surface area contributed by atoms with E-state index in [9.17, 15) is 15.0 Å². The number of aromatic nitrogens is 3. The largest absolute Gasteiger partial charge is 0.397 e. The van der Waals surface area contributed by atoms with Crippen molar-refractivity contribution in [3.05, 3.63) is 47.9 Å². The Morgan fingerprint density at radius 2 is 2.08 bits per heavy atom. The molecule has 12 heteroatoms. The number of pyridine rings is 1. The molecule has 0 aliphatic carbocycles. The number of imidazole rings is 1. The van der Waals surface area contributed by atoms with Crippen LogP contribution in [0.2, 0.25) is 5.02 Å². The molecule has 194 valence electrons. The molecule has 2 aromatic heterocycles. The van der Waals surface area contributed by atoms with Crippen molar-refractivity contribution in [2.75, 3.05) is 30.7 Å². The molecule has 1 aliphatic rings. The Morgan fingerprint density at radius 3 is 2.83 bits per heavy atom. The molecule has 1 saturated heterocycles. The van der Waals surface area contributed by atoms with Crippen molar-refractivity contribution in [1.82, 2.24) is 24.8 Å². The van der Waals surface area contributed by atoms with Crippen LogP contribution in [0.1, 0.15) is 26.5 Å². The van der Waals surface area contributed by atoms with Crippen molar-refractivity contribution in [1.29, 1.82) is 0 Å². The van der Waals surface area contributed by atoms with Crippen LogP contribution in [0.5, 0.6) is 0 Å². The number of nitrogens with zero attached hydrogens (tertiary/aromatic N) is 4. The first kappa shape index (κ1) is 26.1. The van der Waals surface area contributed by atoms with Gasteiger partial charge < -0.3 is 31.3 Å². The number of hydrogen-bond donors (Lipinski definition) is 5. The van der Waals surface area contributed by atoms with E-state index in [0.29, 0.717) is 53.6 Å². The number of aliphatic hydroxyl groups excluding tert-OH is 2. The van der Waals surface area contributed by atoms with Crippen molar-refractivity contribution in [2.45, 2.75) is 50.8 Å². The standard InChI is InChI=1S/C24H32ClN7O4/c1-14(2)31(10-4-8-28-24(35)30-16-6-3-5-15(25)11-16)12-18-20(33)21(34)23(36-18)32-13-29-19-17(26)7-9-27-22(19)32/h3,5-7,9,11,13-14,18,20-21,23,33-34H,4,8,10,12H2,1-2H3,(H2,26,27)(H2,28,30,35)/t18-,20-,21-,23-/m1/s1. The van der Waals surface area contributed by atoms with E-state index in [1.165, 1.54) is 6.33 Å². The Bertz CT molecular complexity index is 1190. The minimum Gasteiger partial charge on any atom is -0.397 e. The number of nitrogens with two attached hydrogens (primary N) is 1. The second-order valence-corrected chi connectivity index (χ2v) is 9.54. The molecule has 3 aromatic rings. The highest BCUT2D eigenvalue weighted by Gasteiger charge is 2.45. The number of nitrogens with one attached hydrogen (secondary N) is 2. The van der Waals surface area contributed by atoms with Gasteiger partial charge in [-0.15, -0.1) is 0 Å². The van der Waals surface area contributed by atoms with Crippen LogP contribution >= 0.6 is 11.6 Å². The lowest BCUT2D eigenvalue weighted by Crippen LogP contribution is -2.44. The number of benzene rings is 1. The zero-order chi connectivity index (χ0) is 25.8. The van der Waals surface area contributed by atoms with Crippen LogP contribution in [-0.2, 0) is 4.74 Å². The fourth-order valence-electron chi connectivity index (χ4n) is 4.27. The molecule has 0 saturated carbocycles. The number of rotatable bonds is 9. The van der Waals surface area contributed by atoms with Crippen LogP contribution in [0.3, 0.4) is 0 Å². The Kier molecular flexibility index (Phi) is 8.27. The van der Waals surface area contributed by atoms with Crippen LogP contribution in [-0.4, -0.2) is 79.7 Å². The fourth-order valence-corrected chi connectivity index (χ4v) is 4.46. The summed E-state index contributed by atoms with van der Waals surface area (Å²) in [4.78, 5) is 22.9. The molecule has 36 heavy (non-hydrogen) atoms. The maximum Gasteiger partial charge on any atom is 0.319 e. The van der Waals surface area contributed by atoms with Crippen LogP contribution in [0.15, 0.2) is 42.9 Å². The summed E-state index contributed by atoms with van der Waals surface area (Å²) < 4.78 is 7.69. The minimum absolute atomic E-state index is 0.160. The average molecular weight is 518 g/mol. The molecule has 2 amide bonds. The zero-order valence-electron chi connectivity index (χ0n) is 20.2. The molecule has 1 aromatic carbocycles. The third-order valence-electron chi connectivity index (χ3n) is 6.24. The molecule has 0 bridgehead atoms. The minimum atomic E-state index is -1.15. The Labute approximate surface area is 214 Å². The lowest BCUT2D eigenvalue weighted by Gasteiger charge is -2.30. The van der Waals surface area contributed by atoms with Crippen molar-refractivity contribution >= 4 is 40.2 Å². The third kappa shape index (κ3) is 5.88. The van der Waals surface area contributed by atoms with E-state index in [1.807, 2.05) is 13.8 Å². The summed E-state index contributed by atoms with van der Waals surface area (Å²) in [7, 11) is 0. The highest BCUT2D eigenvalue weighted by atomic mass is 35.5. The van der Waals surface area contributed by atoms with Crippen LogP contribution in [0, 0.1) is 0 Å².